The van der Waals surface area contributed by atoms with Gasteiger partial charge < -0.3 is 10.6 Å². The van der Waals surface area contributed by atoms with Gasteiger partial charge in [0.1, 0.15) is 0 Å². The number of rotatable bonds is 8. The molecule has 0 radical (unpaired) electrons. The number of aryl methyl sites for hydroxylation is 1. The maximum Gasteiger partial charge on any atom is 0.220 e. The molecule has 0 spiro atoms. The van der Waals surface area contributed by atoms with E-state index >= 15 is 0 Å². The number of halogens is 1. The zero-order valence-corrected chi connectivity index (χ0v) is 11.8. The van der Waals surface area contributed by atoms with Crippen LogP contribution in [0.5, 0.6) is 0 Å². The normalized spacial score (nSPS) is 9.61. The third kappa shape index (κ3) is 8.09. The molecule has 0 bridgehead atoms. The molecular formula is C14H23ClN2O. The molecule has 0 unspecified atom stereocenters. The zero-order valence-electron chi connectivity index (χ0n) is 10.9. The van der Waals surface area contributed by atoms with Crippen molar-refractivity contribution in [2.75, 3.05) is 19.6 Å². The van der Waals surface area contributed by atoms with Crippen molar-refractivity contribution in [2.45, 2.75) is 26.2 Å². The van der Waals surface area contributed by atoms with Crippen molar-refractivity contribution in [3.05, 3.63) is 35.9 Å². The van der Waals surface area contributed by atoms with Crippen molar-refractivity contribution < 1.29 is 4.79 Å². The summed E-state index contributed by atoms with van der Waals surface area (Å²) in [5.74, 6) is 0.152. The Bertz CT molecular complexity index is 317. The van der Waals surface area contributed by atoms with Gasteiger partial charge in [0.25, 0.3) is 0 Å². The summed E-state index contributed by atoms with van der Waals surface area (Å²) in [6.07, 6.45) is 2.50. The minimum absolute atomic E-state index is 0. The lowest BCUT2D eigenvalue weighted by atomic mass is 10.1. The van der Waals surface area contributed by atoms with Gasteiger partial charge in [0.15, 0.2) is 0 Å². The molecule has 4 heteroatoms. The van der Waals surface area contributed by atoms with Crippen LogP contribution in [0.1, 0.15) is 25.3 Å². The second kappa shape index (κ2) is 11.1. The largest absolute Gasteiger partial charge is 0.355 e. The molecule has 18 heavy (non-hydrogen) atoms. The van der Waals surface area contributed by atoms with Crippen LogP contribution >= 0.6 is 12.4 Å². The average molecular weight is 271 g/mol. The Kier molecular flexibility index (Phi) is 10.4. The number of hydrogen-bond donors (Lipinski definition) is 2. The van der Waals surface area contributed by atoms with Gasteiger partial charge >= 0.3 is 0 Å². The molecule has 3 nitrogen and oxygen atoms in total. The Morgan fingerprint density at radius 1 is 1.17 bits per heavy atom. The molecule has 1 rings (SSSR count). The maximum atomic E-state index is 11.5. The standard InChI is InChI=1S/C14H22N2O.ClH/c1-2-15-11-12-16-14(17)10-6-9-13-7-4-3-5-8-13;/h3-5,7-8,15H,2,6,9-12H2,1H3,(H,16,17);1H. The summed E-state index contributed by atoms with van der Waals surface area (Å²) in [4.78, 5) is 11.5. The molecule has 1 aromatic rings. The Labute approximate surface area is 116 Å². The summed E-state index contributed by atoms with van der Waals surface area (Å²) < 4.78 is 0. The first-order chi connectivity index (χ1) is 8.33. The van der Waals surface area contributed by atoms with Gasteiger partial charge in [-0.1, -0.05) is 37.3 Å². The van der Waals surface area contributed by atoms with Crippen LogP contribution in [-0.2, 0) is 11.2 Å². The molecule has 0 saturated carbocycles. The minimum atomic E-state index is 0. The van der Waals surface area contributed by atoms with Crippen LogP contribution < -0.4 is 10.6 Å². The summed E-state index contributed by atoms with van der Waals surface area (Å²) in [6, 6.07) is 10.3. The lowest BCUT2D eigenvalue weighted by Gasteiger charge is -2.05. The fourth-order valence-corrected chi connectivity index (χ4v) is 1.65. The van der Waals surface area contributed by atoms with E-state index in [0.29, 0.717) is 6.42 Å². The van der Waals surface area contributed by atoms with E-state index in [0.717, 1.165) is 32.5 Å². The number of carbonyl (C=O) groups excluding carboxylic acids is 1. The van der Waals surface area contributed by atoms with E-state index in [1.165, 1.54) is 5.56 Å². The molecule has 0 fully saturated rings. The van der Waals surface area contributed by atoms with Gasteiger partial charge in [-0.25, -0.2) is 0 Å². The molecular weight excluding hydrogens is 248 g/mol. The Hall–Kier alpha value is -1.06. The van der Waals surface area contributed by atoms with E-state index in [2.05, 4.69) is 29.7 Å². The number of nitrogens with one attached hydrogen (secondary N) is 2. The third-order valence-electron chi connectivity index (χ3n) is 2.59. The molecule has 0 aliphatic rings. The van der Waals surface area contributed by atoms with Gasteiger partial charge in [-0.3, -0.25) is 4.79 Å². The van der Waals surface area contributed by atoms with Crippen LogP contribution in [0.4, 0.5) is 0 Å². The summed E-state index contributed by atoms with van der Waals surface area (Å²) >= 11 is 0. The molecule has 0 aliphatic carbocycles. The maximum absolute atomic E-state index is 11.5. The zero-order chi connectivity index (χ0) is 12.3. The highest BCUT2D eigenvalue weighted by molar-refractivity contribution is 5.85. The molecule has 1 aromatic carbocycles. The summed E-state index contributed by atoms with van der Waals surface area (Å²) in [5, 5.41) is 6.07. The van der Waals surface area contributed by atoms with Crippen molar-refractivity contribution in [1.82, 2.24) is 10.6 Å². The van der Waals surface area contributed by atoms with Crippen LogP contribution in [0.25, 0.3) is 0 Å². The Balaban J connectivity index is 0.00000289. The van der Waals surface area contributed by atoms with Gasteiger partial charge in [0.2, 0.25) is 5.91 Å². The highest BCUT2D eigenvalue weighted by Gasteiger charge is 2.00. The smallest absolute Gasteiger partial charge is 0.220 e. The van der Waals surface area contributed by atoms with Crippen LogP contribution in [0, 0.1) is 0 Å². The van der Waals surface area contributed by atoms with Crippen molar-refractivity contribution >= 4 is 18.3 Å². The first-order valence-corrected chi connectivity index (χ1v) is 6.34. The first-order valence-electron chi connectivity index (χ1n) is 6.34. The van der Waals surface area contributed by atoms with Crippen molar-refractivity contribution in [3.63, 3.8) is 0 Å². The average Bonchev–Trinajstić information content (AvgIpc) is 2.36. The van der Waals surface area contributed by atoms with E-state index < -0.39 is 0 Å². The number of likely N-dealkylation sites (N-methyl/N-ethyl adjacent to an activating group) is 1. The van der Waals surface area contributed by atoms with Crippen LogP contribution in [0.2, 0.25) is 0 Å². The Morgan fingerprint density at radius 2 is 1.89 bits per heavy atom. The highest BCUT2D eigenvalue weighted by atomic mass is 35.5. The molecule has 102 valence electrons. The summed E-state index contributed by atoms with van der Waals surface area (Å²) in [6.45, 7) is 4.57. The lowest BCUT2D eigenvalue weighted by Crippen LogP contribution is -2.31. The molecule has 0 aromatic heterocycles. The predicted molar refractivity (Wildman–Crippen MR) is 78.2 cm³/mol. The number of carbonyl (C=O) groups is 1. The monoisotopic (exact) mass is 270 g/mol. The highest BCUT2D eigenvalue weighted by Crippen LogP contribution is 2.04. The molecule has 2 N–H and O–H groups in total. The molecule has 1 amide bonds. The van der Waals surface area contributed by atoms with Crippen molar-refractivity contribution in [2.24, 2.45) is 0 Å². The quantitative estimate of drug-likeness (QED) is 0.711. The van der Waals surface area contributed by atoms with Crippen LogP contribution in [0.3, 0.4) is 0 Å². The van der Waals surface area contributed by atoms with Gasteiger partial charge in [0.05, 0.1) is 0 Å². The molecule has 0 aliphatic heterocycles. The summed E-state index contributed by atoms with van der Waals surface area (Å²) in [7, 11) is 0. The molecule has 0 heterocycles. The third-order valence-corrected chi connectivity index (χ3v) is 2.59. The van der Waals surface area contributed by atoms with E-state index in [9.17, 15) is 4.79 Å². The van der Waals surface area contributed by atoms with Gasteiger partial charge in [-0.2, -0.15) is 0 Å². The first kappa shape index (κ1) is 16.9. The van der Waals surface area contributed by atoms with E-state index in [-0.39, 0.29) is 18.3 Å². The van der Waals surface area contributed by atoms with Crippen LogP contribution in [-0.4, -0.2) is 25.5 Å². The lowest BCUT2D eigenvalue weighted by molar-refractivity contribution is -0.121. The van der Waals surface area contributed by atoms with E-state index in [4.69, 9.17) is 0 Å². The van der Waals surface area contributed by atoms with Crippen molar-refractivity contribution in [3.8, 4) is 0 Å². The van der Waals surface area contributed by atoms with Gasteiger partial charge in [0, 0.05) is 19.5 Å². The van der Waals surface area contributed by atoms with Gasteiger partial charge in [-0.15, -0.1) is 12.4 Å². The van der Waals surface area contributed by atoms with Crippen molar-refractivity contribution in [1.29, 1.82) is 0 Å². The SMILES string of the molecule is CCNCCNC(=O)CCCc1ccccc1.Cl. The molecule has 0 atom stereocenters. The second-order valence-electron chi connectivity index (χ2n) is 4.04. The van der Waals surface area contributed by atoms with Crippen LogP contribution in [0.15, 0.2) is 30.3 Å². The minimum Gasteiger partial charge on any atom is -0.355 e. The number of amides is 1. The Morgan fingerprint density at radius 3 is 2.56 bits per heavy atom. The number of hydrogen-bond acceptors (Lipinski definition) is 2. The fraction of sp³-hybridized carbons (Fsp3) is 0.500. The van der Waals surface area contributed by atoms with E-state index in [1.54, 1.807) is 0 Å². The summed E-state index contributed by atoms with van der Waals surface area (Å²) in [5.41, 5.74) is 1.30. The number of benzene rings is 1. The molecule has 0 saturated heterocycles. The van der Waals surface area contributed by atoms with Gasteiger partial charge in [-0.05, 0) is 24.9 Å². The predicted octanol–water partition coefficient (Wildman–Crippen LogP) is 2.16. The topological polar surface area (TPSA) is 41.1 Å². The second-order valence-corrected chi connectivity index (χ2v) is 4.04. The fourth-order valence-electron chi connectivity index (χ4n) is 1.65. The van der Waals surface area contributed by atoms with E-state index in [1.807, 2.05) is 18.2 Å².